The fourth-order valence-electron chi connectivity index (χ4n) is 4.25. The molecule has 0 aliphatic carbocycles. The Hall–Kier alpha value is -1.73. The molecule has 170 valence electrons. The third-order valence-electron chi connectivity index (χ3n) is 5.94. The summed E-state index contributed by atoms with van der Waals surface area (Å²) < 4.78 is 44.4. The summed E-state index contributed by atoms with van der Waals surface area (Å²) >= 11 is 3.54. The summed E-state index contributed by atoms with van der Waals surface area (Å²) in [6, 6.07) is -0.469. The summed E-state index contributed by atoms with van der Waals surface area (Å²) in [5.41, 5.74) is -1.60. The highest BCUT2D eigenvalue weighted by Crippen LogP contribution is 2.41. The number of ether oxygens (including phenoxy) is 1. The van der Waals surface area contributed by atoms with Crippen LogP contribution in [0.4, 0.5) is 18.3 Å². The van der Waals surface area contributed by atoms with Crippen LogP contribution >= 0.6 is 27.3 Å². The van der Waals surface area contributed by atoms with Crippen LogP contribution in [0, 0.1) is 5.92 Å². The number of likely N-dealkylation sites (tertiary alicyclic amines) is 1. The van der Waals surface area contributed by atoms with Crippen LogP contribution in [0.25, 0.3) is 0 Å². The SMILES string of the molecule is O=C1CCC(C(=O)N2CCC3(CC2)CC(C(=O)Nc2nc(C(F)(F)F)c(Br)s2)CO3)N1. The molecule has 13 heteroatoms. The van der Waals surface area contributed by atoms with Gasteiger partial charge in [-0.1, -0.05) is 11.3 Å². The van der Waals surface area contributed by atoms with E-state index in [1.807, 2.05) is 0 Å². The van der Waals surface area contributed by atoms with E-state index in [0.717, 1.165) is 0 Å². The van der Waals surface area contributed by atoms with Crippen molar-refractivity contribution in [3.05, 3.63) is 9.48 Å². The Morgan fingerprint density at radius 3 is 2.61 bits per heavy atom. The van der Waals surface area contributed by atoms with Crippen molar-refractivity contribution >= 4 is 50.1 Å². The van der Waals surface area contributed by atoms with E-state index in [4.69, 9.17) is 4.74 Å². The maximum Gasteiger partial charge on any atom is 0.435 e. The second-order valence-corrected chi connectivity index (χ2v) is 10.3. The average Bonchev–Trinajstić information content (AvgIpc) is 3.41. The molecule has 2 unspecified atom stereocenters. The number of piperidine rings is 1. The van der Waals surface area contributed by atoms with Crippen LogP contribution in [-0.2, 0) is 25.3 Å². The van der Waals surface area contributed by atoms with E-state index < -0.39 is 35.3 Å². The number of aromatic nitrogens is 1. The van der Waals surface area contributed by atoms with E-state index in [-0.39, 0.29) is 27.3 Å². The normalized spacial score (nSPS) is 25.7. The lowest BCUT2D eigenvalue weighted by molar-refractivity contribution is -0.141. The highest BCUT2D eigenvalue weighted by atomic mass is 79.9. The summed E-state index contributed by atoms with van der Waals surface area (Å²) in [4.78, 5) is 41.6. The molecule has 3 aliphatic heterocycles. The van der Waals surface area contributed by atoms with E-state index in [0.29, 0.717) is 56.5 Å². The second-order valence-electron chi connectivity index (χ2n) is 8.01. The van der Waals surface area contributed by atoms with Crippen LogP contribution in [0.2, 0.25) is 0 Å². The molecule has 0 aromatic carbocycles. The van der Waals surface area contributed by atoms with Gasteiger partial charge in [0.15, 0.2) is 10.8 Å². The zero-order valence-corrected chi connectivity index (χ0v) is 18.7. The number of carbonyl (C=O) groups is 3. The molecule has 0 saturated carbocycles. The lowest BCUT2D eigenvalue weighted by Crippen LogP contribution is -2.51. The fraction of sp³-hybridized carbons (Fsp3) is 0.667. The summed E-state index contributed by atoms with van der Waals surface area (Å²) in [7, 11) is 0. The number of alkyl halides is 3. The first-order chi connectivity index (χ1) is 14.6. The number of anilines is 1. The molecular formula is C18H20BrF3N4O4S. The summed E-state index contributed by atoms with van der Waals surface area (Å²) in [6.07, 6.45) is -2.20. The number of rotatable bonds is 3. The van der Waals surface area contributed by atoms with E-state index in [1.54, 1.807) is 4.90 Å². The van der Waals surface area contributed by atoms with Gasteiger partial charge in [-0.05, 0) is 41.6 Å². The van der Waals surface area contributed by atoms with E-state index in [1.165, 1.54) is 0 Å². The Morgan fingerprint density at radius 2 is 2.03 bits per heavy atom. The van der Waals surface area contributed by atoms with E-state index in [9.17, 15) is 27.6 Å². The lowest BCUT2D eigenvalue weighted by atomic mass is 9.85. The minimum absolute atomic E-state index is 0.0946. The molecule has 1 aromatic heterocycles. The Balaban J connectivity index is 1.31. The van der Waals surface area contributed by atoms with Crippen molar-refractivity contribution in [2.75, 3.05) is 25.0 Å². The molecule has 1 spiro atoms. The van der Waals surface area contributed by atoms with Crippen LogP contribution < -0.4 is 10.6 Å². The first-order valence-electron chi connectivity index (χ1n) is 9.83. The van der Waals surface area contributed by atoms with Gasteiger partial charge in [0.1, 0.15) is 9.83 Å². The quantitative estimate of drug-likeness (QED) is 0.632. The van der Waals surface area contributed by atoms with Crippen LogP contribution in [0.3, 0.4) is 0 Å². The molecule has 31 heavy (non-hydrogen) atoms. The zero-order chi connectivity index (χ0) is 22.4. The number of nitrogens with zero attached hydrogens (tertiary/aromatic N) is 2. The highest BCUT2D eigenvalue weighted by molar-refractivity contribution is 9.11. The van der Waals surface area contributed by atoms with Gasteiger partial charge in [-0.2, -0.15) is 13.2 Å². The third-order valence-corrected chi connectivity index (χ3v) is 7.56. The molecule has 2 atom stereocenters. The van der Waals surface area contributed by atoms with Gasteiger partial charge >= 0.3 is 6.18 Å². The maximum atomic E-state index is 12.9. The predicted molar refractivity (Wildman–Crippen MR) is 107 cm³/mol. The molecular weight excluding hydrogens is 505 g/mol. The van der Waals surface area contributed by atoms with Crippen molar-refractivity contribution in [2.24, 2.45) is 5.92 Å². The van der Waals surface area contributed by atoms with Gasteiger partial charge < -0.3 is 20.3 Å². The smallest absolute Gasteiger partial charge is 0.374 e. The van der Waals surface area contributed by atoms with Gasteiger partial charge in [0.25, 0.3) is 0 Å². The Bertz CT molecular complexity index is 901. The number of thiazole rings is 1. The number of hydrogen-bond donors (Lipinski definition) is 2. The molecule has 3 saturated heterocycles. The minimum atomic E-state index is -4.61. The Kier molecular flexibility index (Phi) is 6.03. The van der Waals surface area contributed by atoms with E-state index in [2.05, 4.69) is 31.5 Å². The monoisotopic (exact) mass is 524 g/mol. The molecule has 4 rings (SSSR count). The minimum Gasteiger partial charge on any atom is -0.374 e. The number of nitrogens with one attached hydrogen (secondary N) is 2. The topological polar surface area (TPSA) is 101 Å². The van der Waals surface area contributed by atoms with Crippen molar-refractivity contribution in [1.29, 1.82) is 0 Å². The molecule has 8 nitrogen and oxygen atoms in total. The maximum absolute atomic E-state index is 12.9. The van der Waals surface area contributed by atoms with Crippen LogP contribution in [-0.4, -0.2) is 58.9 Å². The molecule has 1 aromatic rings. The zero-order valence-electron chi connectivity index (χ0n) is 16.3. The van der Waals surface area contributed by atoms with Gasteiger partial charge in [0.05, 0.1) is 18.1 Å². The first-order valence-corrected chi connectivity index (χ1v) is 11.4. The van der Waals surface area contributed by atoms with Crippen LogP contribution in [0.15, 0.2) is 3.79 Å². The van der Waals surface area contributed by atoms with Crippen LogP contribution in [0.1, 0.15) is 37.8 Å². The average molecular weight is 525 g/mol. The molecule has 0 radical (unpaired) electrons. The molecule has 4 heterocycles. The van der Waals surface area contributed by atoms with Crippen molar-refractivity contribution in [2.45, 2.75) is 49.9 Å². The van der Waals surface area contributed by atoms with Gasteiger partial charge in [-0.15, -0.1) is 0 Å². The Morgan fingerprint density at radius 1 is 1.32 bits per heavy atom. The van der Waals surface area contributed by atoms with Crippen molar-refractivity contribution in [3.8, 4) is 0 Å². The number of carbonyl (C=O) groups excluding carboxylic acids is 3. The lowest BCUT2D eigenvalue weighted by Gasteiger charge is -2.39. The van der Waals surface area contributed by atoms with Crippen molar-refractivity contribution < 1.29 is 32.3 Å². The second kappa shape index (κ2) is 8.32. The van der Waals surface area contributed by atoms with Gasteiger partial charge in [-0.25, -0.2) is 4.98 Å². The highest BCUT2D eigenvalue weighted by Gasteiger charge is 2.46. The van der Waals surface area contributed by atoms with Gasteiger partial charge in [0, 0.05) is 19.5 Å². The van der Waals surface area contributed by atoms with Gasteiger partial charge in [0.2, 0.25) is 17.7 Å². The summed E-state index contributed by atoms with van der Waals surface area (Å²) in [5.74, 6) is -1.15. The summed E-state index contributed by atoms with van der Waals surface area (Å²) in [6.45, 7) is 1.10. The van der Waals surface area contributed by atoms with Crippen LogP contribution in [0.5, 0.6) is 0 Å². The predicted octanol–water partition coefficient (Wildman–Crippen LogP) is 2.54. The number of hydrogen-bond acceptors (Lipinski definition) is 6. The molecule has 0 bridgehead atoms. The third kappa shape index (κ3) is 4.72. The Labute approximate surface area is 188 Å². The van der Waals surface area contributed by atoms with Crippen molar-refractivity contribution in [1.82, 2.24) is 15.2 Å². The molecule has 3 aliphatic rings. The molecule has 3 fully saturated rings. The molecule has 2 N–H and O–H groups in total. The first kappa shape index (κ1) is 22.5. The number of halogens is 4. The number of amides is 3. The van der Waals surface area contributed by atoms with E-state index >= 15 is 0 Å². The summed E-state index contributed by atoms with van der Waals surface area (Å²) in [5, 5.41) is 5.02. The standard InChI is InChI=1S/C18H20BrF3N4O4S/c19-13-12(18(20,21)22)24-16(31-13)25-14(28)9-7-17(30-8-9)3-5-26(6-4-17)15(29)10-1-2-11(27)23-10/h9-10H,1-8H2,(H,23,27)(H,24,25,28). The van der Waals surface area contributed by atoms with Gasteiger partial charge in [-0.3, -0.25) is 14.4 Å². The van der Waals surface area contributed by atoms with Crippen molar-refractivity contribution in [3.63, 3.8) is 0 Å². The largest absolute Gasteiger partial charge is 0.435 e. The fourth-order valence-corrected chi connectivity index (χ4v) is 5.74. The molecule has 3 amide bonds.